The number of hydrogen-bond acceptors (Lipinski definition) is 3. The number of aryl methyl sites for hydroxylation is 1. The molecule has 3 atom stereocenters. The van der Waals surface area contributed by atoms with E-state index in [1.165, 1.54) is 16.3 Å². The monoisotopic (exact) mass is 493 g/mol. The van der Waals surface area contributed by atoms with Crippen LogP contribution < -0.4 is 10.1 Å². The van der Waals surface area contributed by atoms with Crippen LogP contribution in [0.25, 0.3) is 10.8 Å². The van der Waals surface area contributed by atoms with Crippen LogP contribution in [0.15, 0.2) is 78.9 Å². The van der Waals surface area contributed by atoms with E-state index >= 15 is 0 Å². The van der Waals surface area contributed by atoms with Gasteiger partial charge in [-0.15, -0.1) is 0 Å². The zero-order chi connectivity index (χ0) is 25.9. The van der Waals surface area contributed by atoms with Gasteiger partial charge in [-0.1, -0.05) is 72.8 Å². The number of ether oxygens (including phenoxy) is 1. The summed E-state index contributed by atoms with van der Waals surface area (Å²) in [6, 6.07) is 27.6. The van der Waals surface area contributed by atoms with Gasteiger partial charge in [0.25, 0.3) is 0 Å². The Morgan fingerprint density at radius 3 is 2.57 bits per heavy atom. The Morgan fingerprint density at radius 1 is 0.973 bits per heavy atom. The Morgan fingerprint density at radius 2 is 1.73 bits per heavy atom. The summed E-state index contributed by atoms with van der Waals surface area (Å²) in [7, 11) is 0. The molecule has 0 saturated heterocycles. The normalized spacial score (nSPS) is 17.7. The van der Waals surface area contributed by atoms with Gasteiger partial charge in [0.1, 0.15) is 5.75 Å². The summed E-state index contributed by atoms with van der Waals surface area (Å²) < 4.78 is 6.43. The molecule has 0 saturated carbocycles. The van der Waals surface area contributed by atoms with Crippen molar-refractivity contribution < 1.29 is 14.6 Å². The molecule has 0 spiro atoms. The first-order chi connectivity index (χ1) is 17.9. The Labute approximate surface area is 219 Å². The third-order valence-electron chi connectivity index (χ3n) is 7.83. The molecule has 5 rings (SSSR count). The first-order valence-corrected chi connectivity index (χ1v) is 13.2. The minimum Gasteiger partial charge on any atom is -0.490 e. The lowest BCUT2D eigenvalue weighted by Crippen LogP contribution is -2.28. The Kier molecular flexibility index (Phi) is 7.29. The number of rotatable bonds is 8. The van der Waals surface area contributed by atoms with E-state index in [9.17, 15) is 9.90 Å². The minimum atomic E-state index is -0.861. The van der Waals surface area contributed by atoms with Crippen LogP contribution in [-0.2, 0) is 0 Å². The second kappa shape index (κ2) is 10.8. The minimum absolute atomic E-state index is 0.0866. The Balaban J connectivity index is 1.28. The zero-order valence-electron chi connectivity index (χ0n) is 21.8. The van der Waals surface area contributed by atoms with Crippen molar-refractivity contribution in [1.29, 1.82) is 0 Å². The molecule has 0 unspecified atom stereocenters. The van der Waals surface area contributed by atoms with Gasteiger partial charge in [-0.25, -0.2) is 4.79 Å². The average Bonchev–Trinajstić information content (AvgIpc) is 2.90. The molecule has 1 aliphatic rings. The van der Waals surface area contributed by atoms with Crippen LogP contribution in [0.5, 0.6) is 5.75 Å². The molecule has 0 radical (unpaired) electrons. The van der Waals surface area contributed by atoms with Gasteiger partial charge in [-0.2, -0.15) is 0 Å². The predicted octanol–water partition coefficient (Wildman–Crippen LogP) is 7.57. The molecule has 0 aliphatic carbocycles. The van der Waals surface area contributed by atoms with Gasteiger partial charge >= 0.3 is 5.97 Å². The summed E-state index contributed by atoms with van der Waals surface area (Å²) >= 11 is 0. The van der Waals surface area contributed by atoms with E-state index < -0.39 is 5.97 Å². The molecule has 0 aromatic heterocycles. The SMILES string of the molecule is Cc1ccc([C@@H]2C[C@@H](CCCN[C@H](C)c3cccc4ccccc34)Oc3ccccc32)c(C)c1C(=O)O. The molecule has 0 bridgehead atoms. The largest absolute Gasteiger partial charge is 0.490 e. The van der Waals surface area contributed by atoms with E-state index in [1.807, 2.05) is 38.1 Å². The molecule has 190 valence electrons. The Hall–Kier alpha value is -3.63. The molecular weight excluding hydrogens is 458 g/mol. The number of fused-ring (bicyclic) bond motifs is 2. The summed E-state index contributed by atoms with van der Waals surface area (Å²) in [5.74, 6) is 0.175. The molecule has 1 aliphatic heterocycles. The first-order valence-electron chi connectivity index (χ1n) is 13.2. The third-order valence-corrected chi connectivity index (χ3v) is 7.83. The van der Waals surface area contributed by atoms with Gasteiger partial charge in [0.2, 0.25) is 0 Å². The molecule has 4 aromatic carbocycles. The fraction of sp³-hybridized carbons (Fsp3) is 0.303. The smallest absolute Gasteiger partial charge is 0.336 e. The van der Waals surface area contributed by atoms with E-state index in [4.69, 9.17) is 4.74 Å². The highest BCUT2D eigenvalue weighted by Crippen LogP contribution is 2.43. The van der Waals surface area contributed by atoms with E-state index in [-0.39, 0.29) is 18.1 Å². The van der Waals surface area contributed by atoms with Crippen LogP contribution in [0.2, 0.25) is 0 Å². The van der Waals surface area contributed by atoms with Gasteiger partial charge in [0, 0.05) is 17.5 Å². The zero-order valence-corrected chi connectivity index (χ0v) is 21.8. The van der Waals surface area contributed by atoms with Crippen LogP contribution in [0.1, 0.15) is 76.3 Å². The van der Waals surface area contributed by atoms with Crippen molar-refractivity contribution in [3.05, 3.63) is 112 Å². The van der Waals surface area contributed by atoms with Crippen molar-refractivity contribution in [2.45, 2.75) is 58.1 Å². The van der Waals surface area contributed by atoms with E-state index in [1.54, 1.807) is 0 Å². The quantitative estimate of drug-likeness (QED) is 0.249. The maximum absolute atomic E-state index is 12.0. The number of carboxylic acids is 1. The molecule has 4 aromatic rings. The molecule has 4 heteroatoms. The molecule has 37 heavy (non-hydrogen) atoms. The van der Waals surface area contributed by atoms with Crippen LogP contribution in [0.4, 0.5) is 0 Å². The number of aromatic carboxylic acids is 1. The molecule has 0 amide bonds. The first kappa shape index (κ1) is 25.0. The summed E-state index contributed by atoms with van der Waals surface area (Å²) in [5, 5.41) is 16.1. The summed E-state index contributed by atoms with van der Waals surface area (Å²) in [6.07, 6.45) is 2.88. The topological polar surface area (TPSA) is 58.6 Å². The molecule has 4 nitrogen and oxygen atoms in total. The second-order valence-corrected chi connectivity index (χ2v) is 10.2. The highest BCUT2D eigenvalue weighted by Gasteiger charge is 2.31. The van der Waals surface area contributed by atoms with Crippen LogP contribution in [0, 0.1) is 13.8 Å². The lowest BCUT2D eigenvalue weighted by molar-refractivity contribution is 0.0695. The molecule has 2 N–H and O–H groups in total. The highest BCUT2D eigenvalue weighted by atomic mass is 16.5. The summed E-state index contributed by atoms with van der Waals surface area (Å²) in [5.41, 5.74) is 5.64. The van der Waals surface area contributed by atoms with Crippen molar-refractivity contribution in [2.24, 2.45) is 0 Å². The van der Waals surface area contributed by atoms with Crippen LogP contribution in [0.3, 0.4) is 0 Å². The number of nitrogens with one attached hydrogen (secondary N) is 1. The fourth-order valence-electron chi connectivity index (χ4n) is 5.92. The van der Waals surface area contributed by atoms with Gasteiger partial charge in [0.05, 0.1) is 11.7 Å². The third kappa shape index (κ3) is 5.12. The van der Waals surface area contributed by atoms with Gasteiger partial charge in [-0.05, 0) is 85.7 Å². The van der Waals surface area contributed by atoms with Gasteiger partial charge in [-0.3, -0.25) is 0 Å². The van der Waals surface area contributed by atoms with E-state index in [2.05, 4.69) is 66.8 Å². The maximum Gasteiger partial charge on any atom is 0.336 e. The fourth-order valence-corrected chi connectivity index (χ4v) is 5.92. The predicted molar refractivity (Wildman–Crippen MR) is 150 cm³/mol. The standard InChI is InChI=1S/C33H35NO3/c1-21-17-18-26(22(2)32(21)33(35)36)30-20-25(37-31-16-7-6-14-29(30)31)12-9-19-34-23(3)27-15-8-11-24-10-4-5-13-28(24)27/h4-8,10-11,13-18,23,25,30,34H,9,12,19-20H2,1-3H3,(H,35,36)/t23-,25-,30+/m1/s1. The van der Waals surface area contributed by atoms with Crippen molar-refractivity contribution in [3.63, 3.8) is 0 Å². The highest BCUT2D eigenvalue weighted by molar-refractivity contribution is 5.91. The maximum atomic E-state index is 12.0. The van der Waals surface area contributed by atoms with Crippen molar-refractivity contribution in [1.82, 2.24) is 5.32 Å². The van der Waals surface area contributed by atoms with E-state index in [0.29, 0.717) is 5.56 Å². The van der Waals surface area contributed by atoms with Crippen LogP contribution >= 0.6 is 0 Å². The van der Waals surface area contributed by atoms with Crippen molar-refractivity contribution in [3.8, 4) is 5.75 Å². The number of carbonyl (C=O) groups is 1. The van der Waals surface area contributed by atoms with E-state index in [0.717, 1.165) is 53.8 Å². The summed E-state index contributed by atoms with van der Waals surface area (Å²) in [6.45, 7) is 6.94. The number of benzene rings is 4. The number of hydrogen-bond donors (Lipinski definition) is 2. The lowest BCUT2D eigenvalue weighted by atomic mass is 9.80. The van der Waals surface area contributed by atoms with Crippen molar-refractivity contribution >= 4 is 16.7 Å². The second-order valence-electron chi connectivity index (χ2n) is 10.2. The molecule has 0 fully saturated rings. The number of para-hydroxylation sites is 1. The Bertz CT molecular complexity index is 1420. The van der Waals surface area contributed by atoms with Gasteiger partial charge in [0.15, 0.2) is 0 Å². The van der Waals surface area contributed by atoms with Gasteiger partial charge < -0.3 is 15.2 Å². The average molecular weight is 494 g/mol. The summed E-state index contributed by atoms with van der Waals surface area (Å²) in [4.78, 5) is 12.0. The number of carboxylic acid groups (broad SMARTS) is 1. The lowest BCUT2D eigenvalue weighted by Gasteiger charge is -2.34. The van der Waals surface area contributed by atoms with Crippen molar-refractivity contribution in [2.75, 3.05) is 6.54 Å². The van der Waals surface area contributed by atoms with Crippen LogP contribution in [-0.4, -0.2) is 23.7 Å². The molecule has 1 heterocycles. The molecular formula is C33H35NO3.